The number of hydrogen-bond donors (Lipinski definition) is 0. The Labute approximate surface area is 148 Å². The second-order valence-corrected chi connectivity index (χ2v) is 6.52. The maximum Gasteiger partial charge on any atom is 0.248 e. The predicted octanol–water partition coefficient (Wildman–Crippen LogP) is 2.06. The van der Waals surface area contributed by atoms with Crippen molar-refractivity contribution in [3.8, 4) is 5.75 Å². The van der Waals surface area contributed by atoms with Gasteiger partial charge in [-0.2, -0.15) is 0 Å². The van der Waals surface area contributed by atoms with E-state index in [1.54, 1.807) is 44.7 Å². The van der Waals surface area contributed by atoms with E-state index in [1.807, 2.05) is 24.3 Å². The standard InChI is InChI=1S/C19H24N4O2/c1-22(2)18(24)19(17-13-20-10-11-21-17)9-4-12-23(19)14-15-5-7-16(25-3)8-6-15/h5-8,10-11,13H,4,9,12,14H2,1-3H3. The summed E-state index contributed by atoms with van der Waals surface area (Å²) in [5.74, 6) is 0.883. The number of carbonyl (C=O) groups excluding carboxylic acids is 1. The maximum atomic E-state index is 13.2. The minimum Gasteiger partial charge on any atom is -0.497 e. The van der Waals surface area contributed by atoms with Gasteiger partial charge in [0.05, 0.1) is 19.0 Å². The number of hydrogen-bond acceptors (Lipinski definition) is 5. The van der Waals surface area contributed by atoms with E-state index in [9.17, 15) is 4.79 Å². The molecular formula is C19H24N4O2. The lowest BCUT2D eigenvalue weighted by atomic mass is 9.90. The molecule has 1 aromatic carbocycles. The second-order valence-electron chi connectivity index (χ2n) is 6.52. The molecule has 1 saturated heterocycles. The molecule has 6 heteroatoms. The molecule has 6 nitrogen and oxygen atoms in total. The zero-order chi connectivity index (χ0) is 17.9. The van der Waals surface area contributed by atoms with Gasteiger partial charge in [-0.25, -0.2) is 0 Å². The van der Waals surface area contributed by atoms with E-state index >= 15 is 0 Å². The van der Waals surface area contributed by atoms with Crippen molar-refractivity contribution in [1.82, 2.24) is 19.8 Å². The number of aromatic nitrogens is 2. The zero-order valence-electron chi connectivity index (χ0n) is 15.0. The van der Waals surface area contributed by atoms with Crippen LogP contribution in [0.4, 0.5) is 0 Å². The van der Waals surface area contributed by atoms with Gasteiger partial charge < -0.3 is 9.64 Å². The van der Waals surface area contributed by atoms with E-state index in [4.69, 9.17) is 4.74 Å². The number of amides is 1. The second kappa shape index (κ2) is 7.19. The molecule has 1 fully saturated rings. The van der Waals surface area contributed by atoms with Gasteiger partial charge in [-0.05, 0) is 37.1 Å². The number of benzene rings is 1. The molecule has 25 heavy (non-hydrogen) atoms. The van der Waals surface area contributed by atoms with Gasteiger partial charge in [-0.15, -0.1) is 0 Å². The highest BCUT2D eigenvalue weighted by atomic mass is 16.5. The van der Waals surface area contributed by atoms with Crippen molar-refractivity contribution in [1.29, 1.82) is 0 Å². The Morgan fingerprint density at radius 3 is 2.64 bits per heavy atom. The summed E-state index contributed by atoms with van der Waals surface area (Å²) in [7, 11) is 5.25. The predicted molar refractivity (Wildman–Crippen MR) is 95.0 cm³/mol. The Morgan fingerprint density at radius 2 is 2.04 bits per heavy atom. The van der Waals surface area contributed by atoms with Crippen molar-refractivity contribution >= 4 is 5.91 Å². The summed E-state index contributed by atoms with van der Waals surface area (Å²) in [6.07, 6.45) is 6.71. The molecule has 0 aliphatic carbocycles. The van der Waals surface area contributed by atoms with E-state index in [2.05, 4.69) is 14.9 Å². The lowest BCUT2D eigenvalue weighted by Crippen LogP contribution is -2.52. The van der Waals surface area contributed by atoms with Gasteiger partial charge in [0, 0.05) is 33.0 Å². The first-order chi connectivity index (χ1) is 12.1. The highest BCUT2D eigenvalue weighted by Gasteiger charge is 2.50. The van der Waals surface area contributed by atoms with Crippen molar-refractivity contribution in [2.75, 3.05) is 27.7 Å². The fourth-order valence-corrected chi connectivity index (χ4v) is 3.56. The Hall–Kier alpha value is -2.47. The highest BCUT2D eigenvalue weighted by molar-refractivity contribution is 5.87. The van der Waals surface area contributed by atoms with E-state index in [0.29, 0.717) is 6.54 Å². The van der Waals surface area contributed by atoms with Gasteiger partial charge in [-0.3, -0.25) is 19.7 Å². The van der Waals surface area contributed by atoms with Crippen molar-refractivity contribution in [2.45, 2.75) is 24.9 Å². The third kappa shape index (κ3) is 3.22. The minimum absolute atomic E-state index is 0.0546. The van der Waals surface area contributed by atoms with Gasteiger partial charge in [-0.1, -0.05) is 12.1 Å². The van der Waals surface area contributed by atoms with Crippen molar-refractivity contribution in [3.05, 3.63) is 54.1 Å². The van der Waals surface area contributed by atoms with Crippen LogP contribution in [0.25, 0.3) is 0 Å². The average molecular weight is 340 g/mol. The van der Waals surface area contributed by atoms with Gasteiger partial charge in [0.2, 0.25) is 5.91 Å². The van der Waals surface area contributed by atoms with Crippen LogP contribution in [0.1, 0.15) is 24.1 Å². The van der Waals surface area contributed by atoms with Crippen LogP contribution in [0, 0.1) is 0 Å². The SMILES string of the molecule is COc1ccc(CN2CCCC2(C(=O)N(C)C)c2cnccn2)cc1. The van der Waals surface area contributed by atoms with E-state index in [-0.39, 0.29) is 5.91 Å². The van der Waals surface area contributed by atoms with Crippen LogP contribution in [0.2, 0.25) is 0 Å². The third-order valence-corrected chi connectivity index (χ3v) is 4.79. The summed E-state index contributed by atoms with van der Waals surface area (Å²) >= 11 is 0. The summed E-state index contributed by atoms with van der Waals surface area (Å²) in [4.78, 5) is 25.7. The molecule has 1 aliphatic rings. The number of nitrogens with zero attached hydrogens (tertiary/aromatic N) is 4. The molecule has 0 saturated carbocycles. The zero-order valence-corrected chi connectivity index (χ0v) is 15.0. The summed E-state index contributed by atoms with van der Waals surface area (Å²) in [5, 5.41) is 0. The number of carbonyl (C=O) groups is 1. The van der Waals surface area contributed by atoms with Crippen molar-refractivity contribution < 1.29 is 9.53 Å². The molecule has 0 spiro atoms. The van der Waals surface area contributed by atoms with Crippen LogP contribution in [-0.4, -0.2) is 53.4 Å². The van der Waals surface area contributed by atoms with Crippen molar-refractivity contribution in [3.63, 3.8) is 0 Å². The Balaban J connectivity index is 1.96. The van der Waals surface area contributed by atoms with Crippen LogP contribution in [0.15, 0.2) is 42.9 Å². The molecule has 1 atom stereocenters. The molecule has 0 radical (unpaired) electrons. The third-order valence-electron chi connectivity index (χ3n) is 4.79. The largest absolute Gasteiger partial charge is 0.497 e. The number of methoxy groups -OCH3 is 1. The van der Waals surface area contributed by atoms with Gasteiger partial charge in [0.15, 0.2) is 0 Å². The summed E-state index contributed by atoms with van der Waals surface area (Å²) < 4.78 is 5.23. The summed E-state index contributed by atoms with van der Waals surface area (Å²) in [5.41, 5.74) is 1.11. The molecule has 132 valence electrons. The number of rotatable bonds is 5. The highest BCUT2D eigenvalue weighted by Crippen LogP contribution is 2.40. The molecule has 2 heterocycles. The molecule has 1 unspecified atom stereocenters. The quantitative estimate of drug-likeness (QED) is 0.834. The fourth-order valence-electron chi connectivity index (χ4n) is 3.56. The van der Waals surface area contributed by atoms with E-state index < -0.39 is 5.54 Å². The number of likely N-dealkylation sites (N-methyl/N-ethyl adjacent to an activating group) is 1. The molecule has 1 aliphatic heterocycles. The first kappa shape index (κ1) is 17.4. The minimum atomic E-state index is -0.752. The molecule has 3 rings (SSSR count). The number of ether oxygens (including phenoxy) is 1. The van der Waals surface area contributed by atoms with E-state index in [1.165, 1.54) is 0 Å². The fraction of sp³-hybridized carbons (Fsp3) is 0.421. The Bertz CT molecular complexity index is 718. The van der Waals surface area contributed by atoms with Gasteiger partial charge >= 0.3 is 0 Å². The summed E-state index contributed by atoms with van der Waals surface area (Å²) in [6, 6.07) is 7.98. The normalized spacial score (nSPS) is 20.4. The molecule has 2 aromatic rings. The molecule has 1 amide bonds. The lowest BCUT2D eigenvalue weighted by Gasteiger charge is -2.38. The topological polar surface area (TPSA) is 58.6 Å². The van der Waals surface area contributed by atoms with Crippen LogP contribution in [0.5, 0.6) is 5.75 Å². The van der Waals surface area contributed by atoms with Gasteiger partial charge in [0.1, 0.15) is 11.3 Å². The van der Waals surface area contributed by atoms with Gasteiger partial charge in [0.25, 0.3) is 0 Å². The van der Waals surface area contributed by atoms with Crippen LogP contribution >= 0.6 is 0 Å². The smallest absolute Gasteiger partial charge is 0.248 e. The molecular weight excluding hydrogens is 316 g/mol. The van der Waals surface area contributed by atoms with Crippen LogP contribution < -0.4 is 4.74 Å². The molecule has 0 bridgehead atoms. The Morgan fingerprint density at radius 1 is 1.28 bits per heavy atom. The average Bonchev–Trinajstić information content (AvgIpc) is 3.06. The van der Waals surface area contributed by atoms with Crippen LogP contribution in [0.3, 0.4) is 0 Å². The van der Waals surface area contributed by atoms with E-state index in [0.717, 1.165) is 36.4 Å². The number of likely N-dealkylation sites (tertiary alicyclic amines) is 1. The Kier molecular flexibility index (Phi) is 4.99. The first-order valence-corrected chi connectivity index (χ1v) is 8.44. The summed E-state index contributed by atoms with van der Waals surface area (Å²) in [6.45, 7) is 1.53. The maximum absolute atomic E-state index is 13.2. The van der Waals surface area contributed by atoms with Crippen LogP contribution in [-0.2, 0) is 16.9 Å². The van der Waals surface area contributed by atoms with Crippen molar-refractivity contribution in [2.24, 2.45) is 0 Å². The molecule has 0 N–H and O–H groups in total. The molecule has 1 aromatic heterocycles. The first-order valence-electron chi connectivity index (χ1n) is 8.44. The monoisotopic (exact) mass is 340 g/mol. The lowest BCUT2D eigenvalue weighted by molar-refractivity contribution is -0.141.